The Kier molecular flexibility index (Phi) is 4.25. The molecule has 0 aliphatic rings. The van der Waals surface area contributed by atoms with Gasteiger partial charge in [-0.15, -0.1) is 0 Å². The van der Waals surface area contributed by atoms with Crippen molar-refractivity contribution in [2.75, 3.05) is 0 Å². The number of hydrogen-bond acceptors (Lipinski definition) is 3. The van der Waals surface area contributed by atoms with Crippen LogP contribution in [-0.4, -0.2) is 32.8 Å². The number of carbonyl (C=O) groups is 2. The van der Waals surface area contributed by atoms with E-state index < -0.39 is 12.0 Å². The summed E-state index contributed by atoms with van der Waals surface area (Å²) in [7, 11) is 0. The summed E-state index contributed by atoms with van der Waals surface area (Å²) >= 11 is 0. The molecule has 0 aromatic carbocycles. The van der Waals surface area contributed by atoms with Gasteiger partial charge in [0.05, 0.1) is 6.20 Å². The number of carboxylic acid groups (broad SMARTS) is 1. The molecule has 1 amide bonds. The normalized spacial score (nSPS) is 12.5. The van der Waals surface area contributed by atoms with Crippen LogP contribution in [0.2, 0.25) is 0 Å². The van der Waals surface area contributed by atoms with Gasteiger partial charge in [0, 0.05) is 6.20 Å². The molecule has 1 unspecified atom stereocenters. The molecular formula is C11H17N3O3. The minimum Gasteiger partial charge on any atom is -0.480 e. The van der Waals surface area contributed by atoms with Crippen molar-refractivity contribution >= 4 is 11.9 Å². The maximum Gasteiger partial charge on any atom is 0.325 e. The predicted molar refractivity (Wildman–Crippen MR) is 61.6 cm³/mol. The number of aromatic nitrogens is 2. The van der Waals surface area contributed by atoms with Crippen molar-refractivity contribution < 1.29 is 14.7 Å². The number of aliphatic carboxylic acids is 1. The van der Waals surface area contributed by atoms with Gasteiger partial charge in [-0.1, -0.05) is 13.8 Å². The molecule has 0 bridgehead atoms. The topological polar surface area (TPSA) is 84.2 Å². The zero-order valence-electron chi connectivity index (χ0n) is 10.2. The van der Waals surface area contributed by atoms with E-state index in [0.717, 1.165) is 5.56 Å². The Morgan fingerprint density at radius 1 is 1.47 bits per heavy atom. The molecule has 1 rings (SSSR count). The first-order valence-corrected chi connectivity index (χ1v) is 5.44. The fourth-order valence-electron chi connectivity index (χ4n) is 1.26. The molecule has 0 saturated carbocycles. The zero-order chi connectivity index (χ0) is 13.0. The molecule has 2 N–H and O–H groups in total. The molecule has 6 nitrogen and oxygen atoms in total. The van der Waals surface area contributed by atoms with Gasteiger partial charge in [-0.05, 0) is 18.4 Å². The molecule has 0 saturated heterocycles. The number of carboxylic acids is 1. The van der Waals surface area contributed by atoms with E-state index in [1.54, 1.807) is 12.4 Å². The number of nitrogens with one attached hydrogen (secondary N) is 1. The molecule has 0 spiro atoms. The average molecular weight is 239 g/mol. The van der Waals surface area contributed by atoms with Crippen molar-refractivity contribution in [2.45, 2.75) is 39.3 Å². The zero-order valence-corrected chi connectivity index (χ0v) is 10.2. The largest absolute Gasteiger partial charge is 0.480 e. The Bertz CT molecular complexity index is 412. The van der Waals surface area contributed by atoms with Crippen molar-refractivity contribution in [3.8, 4) is 0 Å². The SMILES string of the molecule is CC(NC(=O)Cn1cc(C(C)C)cn1)C(=O)O. The molecular weight excluding hydrogens is 222 g/mol. The summed E-state index contributed by atoms with van der Waals surface area (Å²) in [6, 6.07) is -0.886. The summed E-state index contributed by atoms with van der Waals surface area (Å²) in [4.78, 5) is 22.0. The molecule has 94 valence electrons. The highest BCUT2D eigenvalue weighted by Crippen LogP contribution is 2.11. The maximum absolute atomic E-state index is 11.5. The van der Waals surface area contributed by atoms with Crippen molar-refractivity contribution in [1.82, 2.24) is 15.1 Å². The highest BCUT2D eigenvalue weighted by atomic mass is 16.4. The molecule has 0 aliphatic carbocycles. The monoisotopic (exact) mass is 239 g/mol. The fraction of sp³-hybridized carbons (Fsp3) is 0.545. The lowest BCUT2D eigenvalue weighted by molar-refractivity contribution is -0.141. The summed E-state index contributed by atoms with van der Waals surface area (Å²) in [5.74, 6) is -1.07. The maximum atomic E-state index is 11.5. The number of carbonyl (C=O) groups excluding carboxylic acids is 1. The Labute approximate surface area is 99.6 Å². The van der Waals surface area contributed by atoms with Gasteiger partial charge in [-0.2, -0.15) is 5.10 Å². The van der Waals surface area contributed by atoms with Crippen LogP contribution in [0.15, 0.2) is 12.4 Å². The van der Waals surface area contributed by atoms with Gasteiger partial charge in [-0.3, -0.25) is 14.3 Å². The van der Waals surface area contributed by atoms with E-state index >= 15 is 0 Å². The van der Waals surface area contributed by atoms with Crippen molar-refractivity contribution in [1.29, 1.82) is 0 Å². The van der Waals surface area contributed by atoms with Gasteiger partial charge >= 0.3 is 5.97 Å². The lowest BCUT2D eigenvalue weighted by Gasteiger charge is -2.08. The minimum atomic E-state index is -1.05. The number of amides is 1. The van der Waals surface area contributed by atoms with Crippen LogP contribution in [-0.2, 0) is 16.1 Å². The third-order valence-electron chi connectivity index (χ3n) is 2.37. The predicted octanol–water partition coefficient (Wildman–Crippen LogP) is 0.596. The van der Waals surface area contributed by atoms with Gasteiger partial charge in [0.25, 0.3) is 0 Å². The highest BCUT2D eigenvalue weighted by Gasteiger charge is 2.14. The second kappa shape index (κ2) is 5.47. The molecule has 0 fully saturated rings. The van der Waals surface area contributed by atoms with Crippen LogP contribution in [0.3, 0.4) is 0 Å². The van der Waals surface area contributed by atoms with Gasteiger partial charge in [0.1, 0.15) is 12.6 Å². The number of nitrogens with zero attached hydrogens (tertiary/aromatic N) is 2. The van der Waals surface area contributed by atoms with Gasteiger partial charge in [0.2, 0.25) is 5.91 Å². The Hall–Kier alpha value is -1.85. The first-order chi connectivity index (χ1) is 7.90. The standard InChI is InChI=1S/C11H17N3O3/c1-7(2)9-4-12-14(5-9)6-10(15)13-8(3)11(16)17/h4-5,7-8H,6H2,1-3H3,(H,13,15)(H,16,17). The highest BCUT2D eigenvalue weighted by molar-refractivity contribution is 5.82. The second-order valence-electron chi connectivity index (χ2n) is 4.25. The Morgan fingerprint density at radius 2 is 2.12 bits per heavy atom. The van der Waals surface area contributed by atoms with E-state index in [1.165, 1.54) is 11.6 Å². The van der Waals surface area contributed by atoms with E-state index in [4.69, 9.17) is 5.11 Å². The summed E-state index contributed by atoms with van der Waals surface area (Å²) < 4.78 is 1.50. The summed E-state index contributed by atoms with van der Waals surface area (Å²) in [5, 5.41) is 15.0. The van der Waals surface area contributed by atoms with E-state index in [9.17, 15) is 9.59 Å². The third kappa shape index (κ3) is 3.90. The summed E-state index contributed by atoms with van der Waals surface area (Å²) in [6.07, 6.45) is 3.49. The number of hydrogen-bond donors (Lipinski definition) is 2. The van der Waals surface area contributed by atoms with Gasteiger partial charge in [-0.25, -0.2) is 0 Å². The molecule has 0 aliphatic heterocycles. The van der Waals surface area contributed by atoms with Crippen LogP contribution in [0.5, 0.6) is 0 Å². The van der Waals surface area contributed by atoms with E-state index in [2.05, 4.69) is 10.4 Å². The van der Waals surface area contributed by atoms with E-state index in [1.807, 2.05) is 13.8 Å². The smallest absolute Gasteiger partial charge is 0.325 e. The third-order valence-corrected chi connectivity index (χ3v) is 2.37. The molecule has 1 heterocycles. The van der Waals surface area contributed by atoms with Crippen LogP contribution in [0.25, 0.3) is 0 Å². The quantitative estimate of drug-likeness (QED) is 0.787. The van der Waals surface area contributed by atoms with E-state index in [-0.39, 0.29) is 12.5 Å². The van der Waals surface area contributed by atoms with Crippen molar-refractivity contribution in [2.24, 2.45) is 0 Å². The van der Waals surface area contributed by atoms with Crippen LogP contribution < -0.4 is 5.32 Å². The minimum absolute atomic E-state index is 0.0321. The lowest BCUT2D eigenvalue weighted by atomic mass is 10.1. The summed E-state index contributed by atoms with van der Waals surface area (Å²) in [5.41, 5.74) is 1.05. The van der Waals surface area contributed by atoms with Crippen molar-refractivity contribution in [3.05, 3.63) is 18.0 Å². The molecule has 6 heteroatoms. The Balaban J connectivity index is 2.53. The molecule has 1 aromatic rings. The van der Waals surface area contributed by atoms with Crippen LogP contribution in [0.1, 0.15) is 32.3 Å². The van der Waals surface area contributed by atoms with Gasteiger partial charge in [0.15, 0.2) is 0 Å². The van der Waals surface area contributed by atoms with Gasteiger partial charge < -0.3 is 10.4 Å². The second-order valence-corrected chi connectivity index (χ2v) is 4.25. The van der Waals surface area contributed by atoms with Crippen molar-refractivity contribution in [3.63, 3.8) is 0 Å². The van der Waals surface area contributed by atoms with Crippen LogP contribution in [0, 0.1) is 0 Å². The first kappa shape index (κ1) is 13.2. The molecule has 1 aromatic heterocycles. The first-order valence-electron chi connectivity index (χ1n) is 5.44. The average Bonchev–Trinajstić information content (AvgIpc) is 2.65. The van der Waals surface area contributed by atoms with Crippen LogP contribution in [0.4, 0.5) is 0 Å². The van der Waals surface area contributed by atoms with Crippen LogP contribution >= 0.6 is 0 Å². The molecule has 1 atom stereocenters. The fourth-order valence-corrected chi connectivity index (χ4v) is 1.26. The lowest BCUT2D eigenvalue weighted by Crippen LogP contribution is -2.40. The summed E-state index contributed by atoms with van der Waals surface area (Å²) in [6.45, 7) is 5.52. The Morgan fingerprint density at radius 3 is 2.59 bits per heavy atom. The number of rotatable bonds is 5. The molecule has 17 heavy (non-hydrogen) atoms. The van der Waals surface area contributed by atoms with E-state index in [0.29, 0.717) is 5.92 Å². The molecule has 0 radical (unpaired) electrons.